The monoisotopic (exact) mass is 255 g/mol. The van der Waals surface area contributed by atoms with Crippen LogP contribution >= 0.6 is 0 Å². The maximum absolute atomic E-state index is 4.38. The van der Waals surface area contributed by atoms with Crippen molar-refractivity contribution in [2.45, 2.75) is 25.7 Å². The van der Waals surface area contributed by atoms with Crippen molar-refractivity contribution in [1.29, 1.82) is 0 Å². The Labute approximate surface area is 115 Å². The number of rotatable bonds is 7. The minimum Gasteiger partial charge on any atom is -0.316 e. The summed E-state index contributed by atoms with van der Waals surface area (Å²) in [4.78, 5) is 8.53. The summed E-state index contributed by atoms with van der Waals surface area (Å²) in [7, 11) is 0. The third kappa shape index (κ3) is 4.45. The summed E-state index contributed by atoms with van der Waals surface area (Å²) in [5.41, 5.74) is 2.41. The smallest absolute Gasteiger partial charge is 0.0593 e. The number of nitrogens with one attached hydrogen (secondary N) is 1. The van der Waals surface area contributed by atoms with E-state index in [1.54, 1.807) is 12.4 Å². The highest BCUT2D eigenvalue weighted by atomic mass is 14.9. The summed E-state index contributed by atoms with van der Waals surface area (Å²) in [6, 6.07) is 10.6. The molecule has 1 aromatic carbocycles. The molecule has 100 valence electrons. The van der Waals surface area contributed by atoms with Crippen LogP contribution in [0.25, 0.3) is 0 Å². The van der Waals surface area contributed by atoms with Gasteiger partial charge in [0.1, 0.15) is 0 Å². The molecule has 2 rings (SSSR count). The lowest BCUT2D eigenvalue weighted by Crippen LogP contribution is -2.24. The van der Waals surface area contributed by atoms with Crippen molar-refractivity contribution in [3.8, 4) is 0 Å². The van der Waals surface area contributed by atoms with Gasteiger partial charge in [-0.25, -0.2) is 0 Å². The lowest BCUT2D eigenvalue weighted by Gasteiger charge is -2.17. The van der Waals surface area contributed by atoms with E-state index >= 15 is 0 Å². The molecular formula is C16H21N3. The molecule has 0 saturated carbocycles. The van der Waals surface area contributed by atoms with E-state index in [1.807, 2.05) is 6.20 Å². The summed E-state index contributed by atoms with van der Waals surface area (Å²) in [5, 5.41) is 3.51. The minimum atomic E-state index is 0.449. The molecule has 0 saturated heterocycles. The van der Waals surface area contributed by atoms with Gasteiger partial charge in [-0.05, 0) is 24.9 Å². The highest BCUT2D eigenvalue weighted by Gasteiger charge is 2.12. The van der Waals surface area contributed by atoms with E-state index in [0.29, 0.717) is 5.92 Å². The fourth-order valence-electron chi connectivity index (χ4n) is 2.17. The molecule has 1 aromatic heterocycles. The van der Waals surface area contributed by atoms with Crippen molar-refractivity contribution in [2.75, 3.05) is 13.1 Å². The zero-order valence-corrected chi connectivity index (χ0v) is 11.4. The third-order valence-electron chi connectivity index (χ3n) is 3.16. The van der Waals surface area contributed by atoms with Gasteiger partial charge in [-0.15, -0.1) is 0 Å². The molecule has 3 heteroatoms. The maximum atomic E-state index is 4.38. The fourth-order valence-corrected chi connectivity index (χ4v) is 2.17. The van der Waals surface area contributed by atoms with Gasteiger partial charge in [0, 0.05) is 31.1 Å². The van der Waals surface area contributed by atoms with Gasteiger partial charge >= 0.3 is 0 Å². The van der Waals surface area contributed by atoms with Crippen molar-refractivity contribution in [3.05, 3.63) is 60.2 Å². The van der Waals surface area contributed by atoms with Crippen molar-refractivity contribution in [3.63, 3.8) is 0 Å². The Morgan fingerprint density at radius 2 is 2.00 bits per heavy atom. The largest absolute Gasteiger partial charge is 0.316 e. The van der Waals surface area contributed by atoms with E-state index in [-0.39, 0.29) is 0 Å². The molecule has 0 bridgehead atoms. The quantitative estimate of drug-likeness (QED) is 0.773. The van der Waals surface area contributed by atoms with Gasteiger partial charge in [0.25, 0.3) is 0 Å². The predicted octanol–water partition coefficient (Wildman–Crippen LogP) is 2.80. The molecule has 0 amide bonds. The SMILES string of the molecule is CCCNCC(Cc1cnccn1)c1ccccc1. The fraction of sp³-hybridized carbons (Fsp3) is 0.375. The van der Waals surface area contributed by atoms with Gasteiger partial charge in [-0.2, -0.15) is 0 Å². The number of benzene rings is 1. The molecule has 0 aliphatic rings. The van der Waals surface area contributed by atoms with Gasteiger partial charge < -0.3 is 5.32 Å². The minimum absolute atomic E-state index is 0.449. The Morgan fingerprint density at radius 3 is 2.68 bits per heavy atom. The molecule has 0 aliphatic carbocycles. The van der Waals surface area contributed by atoms with Crippen LogP contribution < -0.4 is 5.32 Å². The number of hydrogen-bond acceptors (Lipinski definition) is 3. The number of aromatic nitrogens is 2. The molecule has 0 fully saturated rings. The van der Waals surface area contributed by atoms with E-state index in [0.717, 1.165) is 31.6 Å². The van der Waals surface area contributed by atoms with Gasteiger partial charge in [0.05, 0.1) is 5.69 Å². The average molecular weight is 255 g/mol. The number of nitrogens with zero attached hydrogens (tertiary/aromatic N) is 2. The zero-order chi connectivity index (χ0) is 13.3. The Morgan fingerprint density at radius 1 is 1.16 bits per heavy atom. The lowest BCUT2D eigenvalue weighted by molar-refractivity contribution is 0.571. The molecule has 19 heavy (non-hydrogen) atoms. The van der Waals surface area contributed by atoms with Crippen LogP contribution in [0.15, 0.2) is 48.9 Å². The van der Waals surface area contributed by atoms with Crippen LogP contribution in [0.5, 0.6) is 0 Å². The second kappa shape index (κ2) is 7.64. The van der Waals surface area contributed by atoms with Crippen LogP contribution in [-0.2, 0) is 6.42 Å². The molecular weight excluding hydrogens is 234 g/mol. The third-order valence-corrected chi connectivity index (χ3v) is 3.16. The average Bonchev–Trinajstić information content (AvgIpc) is 2.48. The number of hydrogen-bond donors (Lipinski definition) is 1. The maximum Gasteiger partial charge on any atom is 0.0593 e. The summed E-state index contributed by atoms with van der Waals surface area (Å²) in [6.45, 7) is 4.23. The van der Waals surface area contributed by atoms with Crippen LogP contribution in [0.3, 0.4) is 0 Å². The molecule has 1 atom stereocenters. The summed E-state index contributed by atoms with van der Waals surface area (Å²) in [6.07, 6.45) is 7.42. The van der Waals surface area contributed by atoms with Crippen LogP contribution in [-0.4, -0.2) is 23.1 Å². The first-order valence-electron chi connectivity index (χ1n) is 6.90. The predicted molar refractivity (Wildman–Crippen MR) is 78.1 cm³/mol. The Hall–Kier alpha value is -1.74. The first-order valence-corrected chi connectivity index (χ1v) is 6.90. The normalized spacial score (nSPS) is 12.3. The van der Waals surface area contributed by atoms with Crippen LogP contribution in [0.2, 0.25) is 0 Å². The first kappa shape index (κ1) is 13.7. The van der Waals surface area contributed by atoms with Crippen molar-refractivity contribution in [2.24, 2.45) is 0 Å². The topological polar surface area (TPSA) is 37.8 Å². The van der Waals surface area contributed by atoms with Crippen molar-refractivity contribution in [1.82, 2.24) is 15.3 Å². The Kier molecular flexibility index (Phi) is 5.50. The summed E-state index contributed by atoms with van der Waals surface area (Å²) >= 11 is 0. The lowest BCUT2D eigenvalue weighted by atomic mass is 9.94. The Balaban J connectivity index is 2.06. The van der Waals surface area contributed by atoms with E-state index in [2.05, 4.69) is 52.5 Å². The molecule has 1 heterocycles. The molecule has 0 aliphatic heterocycles. The van der Waals surface area contributed by atoms with Gasteiger partial charge in [0.2, 0.25) is 0 Å². The molecule has 0 radical (unpaired) electrons. The summed E-state index contributed by atoms with van der Waals surface area (Å²) < 4.78 is 0. The molecule has 3 nitrogen and oxygen atoms in total. The van der Waals surface area contributed by atoms with Crippen molar-refractivity contribution < 1.29 is 0 Å². The van der Waals surface area contributed by atoms with E-state index in [1.165, 1.54) is 5.56 Å². The van der Waals surface area contributed by atoms with Gasteiger partial charge in [-0.3, -0.25) is 9.97 Å². The van der Waals surface area contributed by atoms with E-state index in [9.17, 15) is 0 Å². The van der Waals surface area contributed by atoms with E-state index < -0.39 is 0 Å². The van der Waals surface area contributed by atoms with Gasteiger partial charge in [0.15, 0.2) is 0 Å². The molecule has 2 aromatic rings. The molecule has 1 unspecified atom stereocenters. The van der Waals surface area contributed by atoms with Crippen LogP contribution in [0.1, 0.15) is 30.5 Å². The first-order chi connectivity index (χ1) is 9.40. The zero-order valence-electron chi connectivity index (χ0n) is 11.4. The second-order valence-corrected chi connectivity index (χ2v) is 4.71. The highest BCUT2D eigenvalue weighted by molar-refractivity contribution is 5.21. The molecule has 1 N–H and O–H groups in total. The van der Waals surface area contributed by atoms with Gasteiger partial charge in [-0.1, -0.05) is 37.3 Å². The Bertz CT molecular complexity index is 456. The second-order valence-electron chi connectivity index (χ2n) is 4.71. The van der Waals surface area contributed by atoms with Crippen LogP contribution in [0.4, 0.5) is 0 Å². The highest BCUT2D eigenvalue weighted by Crippen LogP contribution is 2.18. The van der Waals surface area contributed by atoms with Crippen molar-refractivity contribution >= 4 is 0 Å². The van der Waals surface area contributed by atoms with Crippen LogP contribution in [0, 0.1) is 0 Å². The standard InChI is InChI=1S/C16H21N3/c1-2-8-17-12-15(14-6-4-3-5-7-14)11-16-13-18-9-10-19-16/h3-7,9-10,13,15,17H,2,8,11-12H2,1H3. The molecule has 0 spiro atoms. The van der Waals surface area contributed by atoms with E-state index in [4.69, 9.17) is 0 Å². The summed E-state index contributed by atoms with van der Waals surface area (Å²) in [5.74, 6) is 0.449.